The van der Waals surface area contributed by atoms with Crippen molar-refractivity contribution in [3.8, 4) is 0 Å². The zero-order chi connectivity index (χ0) is 15.2. The summed E-state index contributed by atoms with van der Waals surface area (Å²) in [4.78, 5) is 4.49. The van der Waals surface area contributed by atoms with E-state index in [2.05, 4.69) is 14.9 Å². The molecule has 1 N–H and O–H groups in total. The molecule has 2 aromatic rings. The molecule has 1 aromatic heterocycles. The number of hydrogen-bond donors (Lipinski definition) is 1. The van der Waals surface area contributed by atoms with Gasteiger partial charge in [0.25, 0.3) is 0 Å². The van der Waals surface area contributed by atoms with Crippen LogP contribution in [0.4, 0.5) is 11.6 Å². The molecule has 114 valence electrons. The molecule has 0 saturated carbocycles. The molecule has 2 rings (SSSR count). The summed E-state index contributed by atoms with van der Waals surface area (Å²) in [6.45, 7) is 6.29. The molecule has 0 spiro atoms. The van der Waals surface area contributed by atoms with Crippen molar-refractivity contribution in [3.05, 3.63) is 40.1 Å². The number of benzene rings is 1. The van der Waals surface area contributed by atoms with Crippen molar-refractivity contribution in [2.45, 2.75) is 26.8 Å². The second-order valence-electron chi connectivity index (χ2n) is 4.70. The fraction of sp³-hybridized carbons (Fsp3) is 0.400. The number of rotatable bonds is 7. The van der Waals surface area contributed by atoms with Gasteiger partial charge >= 0.3 is 0 Å². The van der Waals surface area contributed by atoms with Crippen molar-refractivity contribution in [1.29, 1.82) is 0 Å². The van der Waals surface area contributed by atoms with Crippen molar-refractivity contribution in [2.24, 2.45) is 0 Å². The van der Waals surface area contributed by atoms with E-state index in [1.807, 2.05) is 26.1 Å². The molecule has 0 saturated heterocycles. The van der Waals surface area contributed by atoms with Crippen LogP contribution in [0, 0.1) is 6.92 Å². The van der Waals surface area contributed by atoms with Gasteiger partial charge in [-0.2, -0.15) is 0 Å². The van der Waals surface area contributed by atoms with Crippen LogP contribution in [-0.2, 0) is 11.3 Å². The molecule has 0 aliphatic carbocycles. The molecular formula is C15H19Cl2N3O. The van der Waals surface area contributed by atoms with Crippen LogP contribution < -0.4 is 5.32 Å². The molecule has 0 amide bonds. The molecular weight excluding hydrogens is 309 g/mol. The Bertz CT molecular complexity index is 599. The van der Waals surface area contributed by atoms with Crippen LogP contribution in [-0.4, -0.2) is 22.8 Å². The lowest BCUT2D eigenvalue weighted by molar-refractivity contribution is 0.142. The van der Waals surface area contributed by atoms with E-state index in [0.29, 0.717) is 10.0 Å². The van der Waals surface area contributed by atoms with Crippen LogP contribution in [0.1, 0.15) is 19.0 Å². The van der Waals surface area contributed by atoms with E-state index < -0.39 is 0 Å². The zero-order valence-electron chi connectivity index (χ0n) is 12.2. The van der Waals surface area contributed by atoms with Crippen LogP contribution >= 0.6 is 23.2 Å². The number of nitrogens with zero attached hydrogens (tertiary/aromatic N) is 2. The summed E-state index contributed by atoms with van der Waals surface area (Å²) in [6, 6.07) is 5.35. The zero-order valence-corrected chi connectivity index (χ0v) is 13.7. The Balaban J connectivity index is 2.08. The van der Waals surface area contributed by atoms with Gasteiger partial charge in [-0.3, -0.25) is 0 Å². The highest BCUT2D eigenvalue weighted by Gasteiger charge is 2.08. The van der Waals surface area contributed by atoms with E-state index in [1.54, 1.807) is 12.1 Å². The number of anilines is 2. The number of hydrogen-bond acceptors (Lipinski definition) is 3. The van der Waals surface area contributed by atoms with Gasteiger partial charge in [-0.25, -0.2) is 4.98 Å². The Labute approximate surface area is 135 Å². The minimum Gasteiger partial charge on any atom is -0.382 e. The Morgan fingerprint density at radius 3 is 2.86 bits per heavy atom. The standard InChI is InChI=1S/C15H19Cl2N3O/c1-3-21-8-4-7-20-10-11(2)18-15(20)19-14-6-5-12(16)9-13(14)17/h5-6,9-10H,3-4,7-8H2,1-2H3,(H,18,19). The van der Waals surface area contributed by atoms with E-state index >= 15 is 0 Å². The molecule has 0 aliphatic rings. The molecule has 0 atom stereocenters. The number of nitrogens with one attached hydrogen (secondary N) is 1. The lowest BCUT2D eigenvalue weighted by atomic mass is 10.3. The van der Waals surface area contributed by atoms with Crippen LogP contribution in [0.5, 0.6) is 0 Å². The minimum atomic E-state index is 0.573. The third-order valence-corrected chi connectivity index (χ3v) is 3.51. The first-order chi connectivity index (χ1) is 10.1. The van der Waals surface area contributed by atoms with Crippen LogP contribution in [0.15, 0.2) is 24.4 Å². The summed E-state index contributed by atoms with van der Waals surface area (Å²) in [7, 11) is 0. The molecule has 1 heterocycles. The molecule has 0 unspecified atom stereocenters. The van der Waals surface area contributed by atoms with Gasteiger partial charge in [0, 0.05) is 31.0 Å². The van der Waals surface area contributed by atoms with E-state index in [0.717, 1.165) is 43.5 Å². The van der Waals surface area contributed by atoms with Gasteiger partial charge in [-0.15, -0.1) is 0 Å². The maximum Gasteiger partial charge on any atom is 0.207 e. The van der Waals surface area contributed by atoms with Crippen LogP contribution in [0.2, 0.25) is 10.0 Å². The summed E-state index contributed by atoms with van der Waals surface area (Å²) in [5.41, 5.74) is 1.75. The SMILES string of the molecule is CCOCCCn1cc(C)nc1Nc1ccc(Cl)cc1Cl. The fourth-order valence-corrected chi connectivity index (χ4v) is 2.47. The normalized spacial score (nSPS) is 10.9. The lowest BCUT2D eigenvalue weighted by Crippen LogP contribution is -2.06. The van der Waals surface area contributed by atoms with Crippen molar-refractivity contribution < 1.29 is 4.74 Å². The van der Waals surface area contributed by atoms with E-state index in [-0.39, 0.29) is 0 Å². The van der Waals surface area contributed by atoms with Crippen molar-refractivity contribution in [1.82, 2.24) is 9.55 Å². The average Bonchev–Trinajstić information content (AvgIpc) is 2.78. The second-order valence-corrected chi connectivity index (χ2v) is 5.54. The van der Waals surface area contributed by atoms with Gasteiger partial charge in [-0.1, -0.05) is 23.2 Å². The van der Waals surface area contributed by atoms with Gasteiger partial charge in [-0.05, 0) is 38.5 Å². The molecule has 6 heteroatoms. The number of halogens is 2. The van der Waals surface area contributed by atoms with Gasteiger partial charge in [0.05, 0.1) is 16.4 Å². The molecule has 0 aliphatic heterocycles. The van der Waals surface area contributed by atoms with Crippen LogP contribution in [0.3, 0.4) is 0 Å². The monoisotopic (exact) mass is 327 g/mol. The number of aryl methyl sites for hydroxylation is 2. The van der Waals surface area contributed by atoms with E-state index in [4.69, 9.17) is 27.9 Å². The molecule has 0 fully saturated rings. The lowest BCUT2D eigenvalue weighted by Gasteiger charge is -2.11. The fourth-order valence-electron chi connectivity index (χ4n) is 2.01. The maximum atomic E-state index is 6.18. The Kier molecular flexibility index (Phi) is 5.91. The third-order valence-electron chi connectivity index (χ3n) is 2.97. The van der Waals surface area contributed by atoms with Crippen molar-refractivity contribution in [3.63, 3.8) is 0 Å². The first-order valence-corrected chi connectivity index (χ1v) is 7.69. The molecule has 4 nitrogen and oxygen atoms in total. The summed E-state index contributed by atoms with van der Waals surface area (Å²) < 4.78 is 7.43. The van der Waals surface area contributed by atoms with Crippen molar-refractivity contribution >= 4 is 34.8 Å². The van der Waals surface area contributed by atoms with Crippen molar-refractivity contribution in [2.75, 3.05) is 18.5 Å². The number of ether oxygens (including phenoxy) is 1. The highest BCUT2D eigenvalue weighted by molar-refractivity contribution is 6.36. The first-order valence-electron chi connectivity index (χ1n) is 6.93. The molecule has 21 heavy (non-hydrogen) atoms. The maximum absolute atomic E-state index is 6.18. The average molecular weight is 328 g/mol. The topological polar surface area (TPSA) is 39.1 Å². The third kappa shape index (κ3) is 4.63. The van der Waals surface area contributed by atoms with Gasteiger partial charge in [0.2, 0.25) is 5.95 Å². The van der Waals surface area contributed by atoms with Gasteiger partial charge < -0.3 is 14.6 Å². The minimum absolute atomic E-state index is 0.573. The highest BCUT2D eigenvalue weighted by Crippen LogP contribution is 2.28. The Morgan fingerprint density at radius 2 is 2.14 bits per heavy atom. The second kappa shape index (κ2) is 7.69. The van der Waals surface area contributed by atoms with Gasteiger partial charge in [0.15, 0.2) is 0 Å². The predicted octanol–water partition coefficient (Wildman–Crippen LogP) is 4.67. The summed E-state index contributed by atoms with van der Waals surface area (Å²) in [5.74, 6) is 0.772. The number of aromatic nitrogens is 2. The van der Waals surface area contributed by atoms with E-state index in [1.165, 1.54) is 0 Å². The summed E-state index contributed by atoms with van der Waals surface area (Å²) >= 11 is 12.1. The predicted molar refractivity (Wildman–Crippen MR) is 87.8 cm³/mol. The Hall–Kier alpha value is -1.23. The first kappa shape index (κ1) is 16.1. The number of imidazole rings is 1. The molecule has 0 bridgehead atoms. The highest BCUT2D eigenvalue weighted by atomic mass is 35.5. The summed E-state index contributed by atoms with van der Waals surface area (Å²) in [6.07, 6.45) is 2.95. The Morgan fingerprint density at radius 1 is 1.33 bits per heavy atom. The molecule has 0 radical (unpaired) electrons. The summed E-state index contributed by atoms with van der Waals surface area (Å²) in [5, 5.41) is 4.44. The quantitative estimate of drug-likeness (QED) is 0.751. The smallest absolute Gasteiger partial charge is 0.207 e. The largest absolute Gasteiger partial charge is 0.382 e. The van der Waals surface area contributed by atoms with Gasteiger partial charge in [0.1, 0.15) is 0 Å². The van der Waals surface area contributed by atoms with Crippen LogP contribution in [0.25, 0.3) is 0 Å². The molecule has 1 aromatic carbocycles. The van der Waals surface area contributed by atoms with E-state index in [9.17, 15) is 0 Å².